The summed E-state index contributed by atoms with van der Waals surface area (Å²) in [7, 11) is 0. The summed E-state index contributed by atoms with van der Waals surface area (Å²) in [6.07, 6.45) is 1.34. The van der Waals surface area contributed by atoms with Crippen LogP contribution in [0.3, 0.4) is 0 Å². The smallest absolute Gasteiger partial charge is 0.180 e. The Bertz CT molecular complexity index is 809. The molecule has 0 spiro atoms. The second kappa shape index (κ2) is 4.57. The Kier molecular flexibility index (Phi) is 2.87. The Balaban J connectivity index is 2.34. The molecule has 0 unspecified atom stereocenters. The molecule has 2 N–H and O–H groups in total. The zero-order valence-corrected chi connectivity index (χ0v) is 11.3. The van der Waals surface area contributed by atoms with Gasteiger partial charge < -0.3 is 5.73 Å². The van der Waals surface area contributed by atoms with E-state index in [1.807, 2.05) is 0 Å². The molecule has 0 aliphatic carbocycles. The highest BCUT2D eigenvalue weighted by molar-refractivity contribution is 6.30. The molecule has 0 aliphatic rings. The number of hydrogen-bond donors (Lipinski definition) is 1. The van der Waals surface area contributed by atoms with Crippen molar-refractivity contribution in [2.45, 2.75) is 6.92 Å². The van der Waals surface area contributed by atoms with Crippen LogP contribution >= 0.6 is 11.6 Å². The molecule has 0 aliphatic heterocycles. The maximum Gasteiger partial charge on any atom is 0.180 e. The minimum absolute atomic E-state index is 0.191. The quantitative estimate of drug-likeness (QED) is 0.731. The number of halogens is 1. The SMILES string of the molecule is CC(=O)c1nn(-c2ccc(Cl)cc2)c2ncnc(N)c12. The third kappa shape index (κ3) is 1.90. The van der Waals surface area contributed by atoms with E-state index in [1.165, 1.54) is 13.3 Å². The van der Waals surface area contributed by atoms with Crippen LogP contribution in [-0.4, -0.2) is 25.5 Å². The highest BCUT2D eigenvalue weighted by Gasteiger charge is 2.19. The van der Waals surface area contributed by atoms with Crippen LogP contribution in [-0.2, 0) is 0 Å². The van der Waals surface area contributed by atoms with E-state index in [1.54, 1.807) is 28.9 Å². The number of carbonyl (C=O) groups is 1. The molecule has 2 aromatic heterocycles. The molecule has 1 aromatic carbocycles. The first-order chi connectivity index (χ1) is 9.58. The predicted molar refractivity (Wildman–Crippen MR) is 76.1 cm³/mol. The van der Waals surface area contributed by atoms with Gasteiger partial charge in [0.25, 0.3) is 0 Å². The first-order valence-electron chi connectivity index (χ1n) is 5.84. The van der Waals surface area contributed by atoms with Gasteiger partial charge in [-0.3, -0.25) is 4.79 Å². The van der Waals surface area contributed by atoms with Crippen LogP contribution < -0.4 is 5.73 Å². The molecule has 0 bridgehead atoms. The lowest BCUT2D eigenvalue weighted by atomic mass is 10.2. The van der Waals surface area contributed by atoms with Gasteiger partial charge in [0, 0.05) is 11.9 Å². The van der Waals surface area contributed by atoms with Gasteiger partial charge in [0.15, 0.2) is 11.4 Å². The number of nitrogens with zero attached hydrogens (tertiary/aromatic N) is 4. The maximum atomic E-state index is 11.7. The van der Waals surface area contributed by atoms with Crippen LogP contribution in [0.15, 0.2) is 30.6 Å². The molecule has 3 rings (SSSR count). The first kappa shape index (κ1) is 12.6. The zero-order chi connectivity index (χ0) is 14.3. The summed E-state index contributed by atoms with van der Waals surface area (Å²) in [6, 6.07) is 7.05. The normalized spacial score (nSPS) is 10.9. The summed E-state index contributed by atoms with van der Waals surface area (Å²) in [4.78, 5) is 19.8. The molecule has 20 heavy (non-hydrogen) atoms. The number of anilines is 1. The predicted octanol–water partition coefficient (Wildman–Crippen LogP) is 2.25. The summed E-state index contributed by atoms with van der Waals surface area (Å²) in [5, 5.41) is 5.38. The number of carbonyl (C=O) groups excluding carboxylic acids is 1. The number of hydrogen-bond acceptors (Lipinski definition) is 5. The zero-order valence-electron chi connectivity index (χ0n) is 10.5. The second-order valence-electron chi connectivity index (χ2n) is 4.25. The van der Waals surface area contributed by atoms with Gasteiger partial charge in [0.2, 0.25) is 0 Å². The number of aromatic nitrogens is 4. The van der Waals surface area contributed by atoms with Crippen molar-refractivity contribution >= 4 is 34.2 Å². The molecule has 2 heterocycles. The summed E-state index contributed by atoms with van der Waals surface area (Å²) in [5.74, 6) is 0.0460. The Morgan fingerprint density at radius 3 is 2.60 bits per heavy atom. The topological polar surface area (TPSA) is 86.7 Å². The van der Waals surface area contributed by atoms with Crippen LogP contribution in [0.25, 0.3) is 16.7 Å². The fraction of sp³-hybridized carbons (Fsp3) is 0.0769. The largest absolute Gasteiger partial charge is 0.383 e. The molecule has 0 atom stereocenters. The van der Waals surface area contributed by atoms with Gasteiger partial charge >= 0.3 is 0 Å². The van der Waals surface area contributed by atoms with Gasteiger partial charge in [-0.15, -0.1) is 0 Å². The van der Waals surface area contributed by atoms with Gasteiger partial charge in [-0.1, -0.05) is 11.6 Å². The van der Waals surface area contributed by atoms with Crippen LogP contribution in [0.1, 0.15) is 17.4 Å². The third-order valence-electron chi connectivity index (χ3n) is 2.90. The lowest BCUT2D eigenvalue weighted by Crippen LogP contribution is -1.99. The summed E-state index contributed by atoms with van der Waals surface area (Å²) >= 11 is 5.87. The van der Waals surface area contributed by atoms with Crippen molar-refractivity contribution in [2.75, 3.05) is 5.73 Å². The Morgan fingerprint density at radius 1 is 1.25 bits per heavy atom. The van der Waals surface area contributed by atoms with Crippen molar-refractivity contribution < 1.29 is 4.79 Å². The lowest BCUT2D eigenvalue weighted by Gasteiger charge is -2.02. The number of benzene rings is 1. The highest BCUT2D eigenvalue weighted by Crippen LogP contribution is 2.24. The molecule has 0 saturated carbocycles. The van der Waals surface area contributed by atoms with E-state index in [-0.39, 0.29) is 17.3 Å². The van der Waals surface area contributed by atoms with Gasteiger partial charge in [-0.2, -0.15) is 5.10 Å². The molecule has 0 radical (unpaired) electrons. The number of nitrogen functional groups attached to an aromatic ring is 1. The number of Topliss-reactive ketones (excluding diaryl/α,β-unsaturated/α-hetero) is 1. The first-order valence-corrected chi connectivity index (χ1v) is 6.22. The number of ketones is 1. The molecule has 6 nitrogen and oxygen atoms in total. The fourth-order valence-corrected chi connectivity index (χ4v) is 2.11. The number of nitrogens with two attached hydrogens (primary N) is 1. The van der Waals surface area contributed by atoms with Crippen molar-refractivity contribution in [3.63, 3.8) is 0 Å². The summed E-state index contributed by atoms with van der Waals surface area (Å²) in [5.41, 5.74) is 7.32. The molecule has 100 valence electrons. The number of fused-ring (bicyclic) bond motifs is 1. The average Bonchev–Trinajstić information content (AvgIpc) is 2.81. The molecule has 7 heteroatoms. The van der Waals surface area contributed by atoms with Crippen LogP contribution in [0, 0.1) is 0 Å². The minimum Gasteiger partial charge on any atom is -0.383 e. The average molecular weight is 288 g/mol. The van der Waals surface area contributed by atoms with Gasteiger partial charge in [0.05, 0.1) is 11.1 Å². The monoisotopic (exact) mass is 287 g/mol. The van der Waals surface area contributed by atoms with E-state index in [2.05, 4.69) is 15.1 Å². The van der Waals surface area contributed by atoms with Crippen molar-refractivity contribution in [2.24, 2.45) is 0 Å². The molecule has 0 saturated heterocycles. The van der Waals surface area contributed by atoms with Gasteiger partial charge in [-0.25, -0.2) is 14.6 Å². The maximum absolute atomic E-state index is 11.7. The van der Waals surface area contributed by atoms with Gasteiger partial charge in [0.1, 0.15) is 17.8 Å². The molecular formula is C13H10ClN5O. The molecule has 3 aromatic rings. The molecule has 0 fully saturated rings. The van der Waals surface area contributed by atoms with E-state index < -0.39 is 0 Å². The van der Waals surface area contributed by atoms with E-state index in [9.17, 15) is 4.79 Å². The molecular weight excluding hydrogens is 278 g/mol. The van der Waals surface area contributed by atoms with Crippen LogP contribution in [0.5, 0.6) is 0 Å². The van der Waals surface area contributed by atoms with Crippen LogP contribution in [0.4, 0.5) is 5.82 Å². The minimum atomic E-state index is -0.191. The highest BCUT2D eigenvalue weighted by atomic mass is 35.5. The van der Waals surface area contributed by atoms with Crippen molar-refractivity contribution in [3.8, 4) is 5.69 Å². The van der Waals surface area contributed by atoms with E-state index >= 15 is 0 Å². The number of rotatable bonds is 2. The Labute approximate surface area is 119 Å². The summed E-state index contributed by atoms with van der Waals surface area (Å²) < 4.78 is 1.56. The van der Waals surface area contributed by atoms with E-state index in [0.717, 1.165) is 5.69 Å². The van der Waals surface area contributed by atoms with Gasteiger partial charge in [-0.05, 0) is 24.3 Å². The fourth-order valence-electron chi connectivity index (χ4n) is 1.98. The van der Waals surface area contributed by atoms with Crippen molar-refractivity contribution in [1.29, 1.82) is 0 Å². The molecule has 0 amide bonds. The summed E-state index contributed by atoms with van der Waals surface area (Å²) in [6.45, 7) is 1.43. The standard InChI is InChI=1S/C13H10ClN5O/c1-7(20)11-10-12(15)16-6-17-13(10)19(18-11)9-4-2-8(14)3-5-9/h2-6H,1H3,(H2,15,16,17). The van der Waals surface area contributed by atoms with Crippen molar-refractivity contribution in [1.82, 2.24) is 19.7 Å². The third-order valence-corrected chi connectivity index (χ3v) is 3.15. The van der Waals surface area contributed by atoms with Crippen LogP contribution in [0.2, 0.25) is 5.02 Å². The Hall–Kier alpha value is -2.47. The Morgan fingerprint density at radius 2 is 1.95 bits per heavy atom. The van der Waals surface area contributed by atoms with E-state index in [4.69, 9.17) is 17.3 Å². The van der Waals surface area contributed by atoms with Crippen molar-refractivity contribution in [3.05, 3.63) is 41.3 Å². The second-order valence-corrected chi connectivity index (χ2v) is 4.69. The van der Waals surface area contributed by atoms with E-state index in [0.29, 0.717) is 16.1 Å². The lowest BCUT2D eigenvalue weighted by molar-refractivity contribution is 0.101.